The third-order valence-corrected chi connectivity index (χ3v) is 9.57. The highest BCUT2D eigenvalue weighted by molar-refractivity contribution is 6.33. The number of fused-ring (bicyclic) bond motifs is 1. The van der Waals surface area contributed by atoms with Gasteiger partial charge in [0.1, 0.15) is 5.60 Å². The maximum atomic E-state index is 13.3. The summed E-state index contributed by atoms with van der Waals surface area (Å²) in [5, 5.41) is 5.09. The molecule has 0 bridgehead atoms. The number of rotatable bonds is 7. The van der Waals surface area contributed by atoms with E-state index in [1.54, 1.807) is 6.20 Å². The summed E-state index contributed by atoms with van der Waals surface area (Å²) in [6.07, 6.45) is 7.43. The zero-order valence-electron chi connectivity index (χ0n) is 27.3. The number of piperazine rings is 1. The van der Waals surface area contributed by atoms with Gasteiger partial charge in [-0.15, -0.1) is 0 Å². The lowest BCUT2D eigenvalue weighted by Gasteiger charge is -2.39. The van der Waals surface area contributed by atoms with Crippen molar-refractivity contribution >= 4 is 40.5 Å². The number of piperidine rings is 2. The summed E-state index contributed by atoms with van der Waals surface area (Å²) >= 11 is 6.54. The predicted molar refractivity (Wildman–Crippen MR) is 181 cm³/mol. The Morgan fingerprint density at radius 2 is 1.76 bits per heavy atom. The van der Waals surface area contributed by atoms with Crippen molar-refractivity contribution in [1.82, 2.24) is 34.6 Å². The van der Waals surface area contributed by atoms with Crippen molar-refractivity contribution in [2.75, 3.05) is 70.8 Å². The van der Waals surface area contributed by atoms with Crippen molar-refractivity contribution in [3.63, 3.8) is 0 Å². The summed E-state index contributed by atoms with van der Waals surface area (Å²) in [6, 6.07) is 8.25. The van der Waals surface area contributed by atoms with Crippen LogP contribution in [-0.4, -0.2) is 124 Å². The Kier molecular flexibility index (Phi) is 10.0. The van der Waals surface area contributed by atoms with E-state index >= 15 is 0 Å². The second kappa shape index (κ2) is 14.1. The number of likely N-dealkylation sites (tertiary alicyclic amines) is 2. The van der Waals surface area contributed by atoms with Crippen LogP contribution in [-0.2, 0) is 9.53 Å². The minimum atomic E-state index is -0.470. The molecule has 3 aliphatic rings. The number of amides is 2. The van der Waals surface area contributed by atoms with E-state index in [0.29, 0.717) is 42.2 Å². The Hall–Kier alpha value is -3.41. The van der Waals surface area contributed by atoms with Gasteiger partial charge >= 0.3 is 6.09 Å². The molecule has 3 saturated heterocycles. The number of para-hydroxylation sites is 1. The molecular weight excluding hydrogens is 604 g/mol. The molecular formula is C34H47ClN8O3. The lowest BCUT2D eigenvalue weighted by Crippen LogP contribution is -2.52. The summed E-state index contributed by atoms with van der Waals surface area (Å²) < 4.78 is 5.53. The standard InChI is InChI=1S/C34H47ClN8O3/c1-34(2,3)46-33(45)43-17-15-40(16-18-43)21-24-10-13-42(14-11-24)30(44)23-41-12-6-7-25(22-41)38-32-37-20-28(35)31(39-32)27-19-36-29-9-5-4-8-26(27)29/h4-5,8-9,19-20,24-25,36H,6-7,10-18,21-23H2,1-3H3,(H,37,38,39)/t25-/m1/s1. The Morgan fingerprint density at radius 1 is 1.00 bits per heavy atom. The fraction of sp³-hybridized carbons (Fsp3) is 0.588. The van der Waals surface area contributed by atoms with Crippen molar-refractivity contribution < 1.29 is 14.3 Å². The fourth-order valence-corrected chi connectivity index (χ4v) is 7.05. The van der Waals surface area contributed by atoms with Crippen LogP contribution in [0.25, 0.3) is 22.2 Å². The first-order valence-corrected chi connectivity index (χ1v) is 17.0. The number of H-pyrrole nitrogens is 1. The van der Waals surface area contributed by atoms with E-state index in [4.69, 9.17) is 21.3 Å². The van der Waals surface area contributed by atoms with Crippen LogP contribution in [0, 0.1) is 5.92 Å². The topological polar surface area (TPSA) is 110 Å². The molecule has 12 heteroatoms. The quantitative estimate of drug-likeness (QED) is 0.370. The highest BCUT2D eigenvalue weighted by atomic mass is 35.5. The predicted octanol–water partition coefficient (Wildman–Crippen LogP) is 4.95. The third kappa shape index (κ3) is 8.11. The lowest BCUT2D eigenvalue weighted by atomic mass is 9.95. The minimum absolute atomic E-state index is 0.153. The summed E-state index contributed by atoms with van der Waals surface area (Å²) in [7, 11) is 0. The highest BCUT2D eigenvalue weighted by Crippen LogP contribution is 2.32. The molecule has 2 aromatic heterocycles. The number of carbonyl (C=O) groups excluding carboxylic acids is 2. The zero-order chi connectivity index (χ0) is 32.3. The number of halogens is 1. The average molecular weight is 651 g/mol. The first-order chi connectivity index (χ1) is 22.1. The molecule has 0 spiro atoms. The summed E-state index contributed by atoms with van der Waals surface area (Å²) in [5.41, 5.74) is 2.22. The number of hydrogen-bond donors (Lipinski definition) is 2. The summed E-state index contributed by atoms with van der Waals surface area (Å²) in [6.45, 7) is 13.6. The van der Waals surface area contributed by atoms with E-state index in [0.717, 1.165) is 88.0 Å². The molecule has 2 amide bonds. The molecule has 5 heterocycles. The van der Waals surface area contributed by atoms with Gasteiger partial charge in [0.15, 0.2) is 0 Å². The van der Waals surface area contributed by atoms with Gasteiger partial charge in [0.2, 0.25) is 11.9 Å². The Bertz CT molecular complexity index is 1510. The molecule has 0 aliphatic carbocycles. The van der Waals surface area contributed by atoms with Crippen LogP contribution < -0.4 is 5.32 Å². The molecule has 6 rings (SSSR count). The number of anilines is 1. The van der Waals surface area contributed by atoms with Crippen LogP contribution in [0.5, 0.6) is 0 Å². The molecule has 46 heavy (non-hydrogen) atoms. The van der Waals surface area contributed by atoms with E-state index in [2.05, 4.69) is 31.2 Å². The lowest BCUT2D eigenvalue weighted by molar-refractivity contribution is -0.134. The third-order valence-electron chi connectivity index (χ3n) is 9.29. The molecule has 11 nitrogen and oxygen atoms in total. The van der Waals surface area contributed by atoms with Gasteiger partial charge in [-0.05, 0) is 65.0 Å². The second-order valence-corrected chi connectivity index (χ2v) is 14.4. The Balaban J connectivity index is 0.944. The van der Waals surface area contributed by atoms with Gasteiger partial charge in [0.05, 0.1) is 23.5 Å². The van der Waals surface area contributed by atoms with E-state index in [1.165, 1.54) is 0 Å². The van der Waals surface area contributed by atoms with Gasteiger partial charge in [-0.25, -0.2) is 14.8 Å². The molecule has 3 fully saturated rings. The maximum absolute atomic E-state index is 13.3. The van der Waals surface area contributed by atoms with Crippen molar-refractivity contribution in [3.05, 3.63) is 41.7 Å². The van der Waals surface area contributed by atoms with E-state index in [1.807, 2.05) is 55.0 Å². The van der Waals surface area contributed by atoms with Gasteiger partial charge < -0.3 is 24.8 Å². The average Bonchev–Trinajstić information content (AvgIpc) is 3.46. The van der Waals surface area contributed by atoms with Crippen LogP contribution in [0.4, 0.5) is 10.7 Å². The first kappa shape index (κ1) is 32.5. The maximum Gasteiger partial charge on any atom is 0.410 e. The van der Waals surface area contributed by atoms with Crippen LogP contribution in [0.1, 0.15) is 46.5 Å². The molecule has 3 aromatic rings. The fourth-order valence-electron chi connectivity index (χ4n) is 6.85. The second-order valence-electron chi connectivity index (χ2n) is 13.9. The number of aromatic nitrogens is 3. The molecule has 248 valence electrons. The van der Waals surface area contributed by atoms with Crippen LogP contribution in [0.2, 0.25) is 5.02 Å². The Morgan fingerprint density at radius 3 is 2.52 bits per heavy atom. The molecule has 0 saturated carbocycles. The number of nitrogens with one attached hydrogen (secondary N) is 2. The van der Waals surface area contributed by atoms with E-state index < -0.39 is 5.60 Å². The monoisotopic (exact) mass is 650 g/mol. The van der Waals surface area contributed by atoms with E-state index in [-0.39, 0.29) is 18.0 Å². The largest absolute Gasteiger partial charge is 0.444 e. The molecule has 2 N–H and O–H groups in total. The number of hydrogen-bond acceptors (Lipinski definition) is 8. The Labute approximate surface area is 276 Å². The normalized spacial score (nSPS) is 20.7. The van der Waals surface area contributed by atoms with Gasteiger partial charge in [-0.1, -0.05) is 29.8 Å². The molecule has 1 atom stereocenters. The van der Waals surface area contributed by atoms with Crippen LogP contribution in [0.15, 0.2) is 36.7 Å². The molecule has 0 radical (unpaired) electrons. The zero-order valence-corrected chi connectivity index (χ0v) is 28.1. The van der Waals surface area contributed by atoms with Crippen molar-refractivity contribution in [2.45, 2.75) is 58.1 Å². The van der Waals surface area contributed by atoms with Gasteiger partial charge in [0.25, 0.3) is 0 Å². The highest BCUT2D eigenvalue weighted by Gasteiger charge is 2.30. The molecule has 0 unspecified atom stereocenters. The van der Waals surface area contributed by atoms with Crippen LogP contribution >= 0.6 is 11.6 Å². The van der Waals surface area contributed by atoms with Crippen molar-refractivity contribution in [2.24, 2.45) is 5.92 Å². The van der Waals surface area contributed by atoms with Gasteiger partial charge in [-0.2, -0.15) is 0 Å². The number of aromatic amines is 1. The SMILES string of the molecule is CC(C)(C)OC(=O)N1CCN(CC2CCN(C(=O)CN3CCC[C@@H](Nc4ncc(Cl)c(-c5c[nH]c6ccccc56)n4)C3)CC2)CC1. The van der Waals surface area contributed by atoms with Gasteiger partial charge in [-0.3, -0.25) is 14.6 Å². The summed E-state index contributed by atoms with van der Waals surface area (Å²) in [4.78, 5) is 46.8. The van der Waals surface area contributed by atoms with Crippen molar-refractivity contribution in [3.8, 4) is 11.3 Å². The molecule has 1 aromatic carbocycles. The molecule has 3 aliphatic heterocycles. The van der Waals surface area contributed by atoms with E-state index in [9.17, 15) is 9.59 Å². The number of carbonyl (C=O) groups is 2. The van der Waals surface area contributed by atoms with Crippen molar-refractivity contribution in [1.29, 1.82) is 0 Å². The summed E-state index contributed by atoms with van der Waals surface area (Å²) in [5.74, 6) is 1.35. The first-order valence-electron chi connectivity index (χ1n) is 16.7. The number of benzene rings is 1. The van der Waals surface area contributed by atoms with Crippen LogP contribution in [0.3, 0.4) is 0 Å². The minimum Gasteiger partial charge on any atom is -0.444 e. The van der Waals surface area contributed by atoms with Gasteiger partial charge in [0, 0.05) is 81.1 Å². The number of nitrogens with zero attached hydrogens (tertiary/aromatic N) is 6. The number of ether oxygens (including phenoxy) is 1. The smallest absolute Gasteiger partial charge is 0.410 e.